The van der Waals surface area contributed by atoms with Crippen molar-refractivity contribution in [3.8, 4) is 0 Å². The fraction of sp³-hybridized carbons (Fsp3) is 0.333. The molecule has 1 rings (SSSR count). The molecule has 6 heteroatoms. The number of rotatable bonds is 4. The molecule has 1 unspecified atom stereocenters. The molecular formula is C9H11ClN2O2S. The summed E-state index contributed by atoms with van der Waals surface area (Å²) >= 11 is 7.21. The van der Waals surface area contributed by atoms with Crippen LogP contribution < -0.4 is 5.73 Å². The average Bonchev–Trinajstić information content (AvgIpc) is 2.26. The fourth-order valence-electron chi connectivity index (χ4n) is 0.866. The van der Waals surface area contributed by atoms with Gasteiger partial charge in [0.05, 0.1) is 12.1 Å². The minimum absolute atomic E-state index is 0.392. The molecule has 0 aliphatic carbocycles. The summed E-state index contributed by atoms with van der Waals surface area (Å²) in [6, 6.07) is 2.82. The molecule has 1 aromatic rings. The number of esters is 1. The van der Waals surface area contributed by atoms with E-state index in [4.69, 9.17) is 17.3 Å². The van der Waals surface area contributed by atoms with Crippen LogP contribution in [0.5, 0.6) is 0 Å². The zero-order chi connectivity index (χ0) is 11.3. The lowest BCUT2D eigenvalue weighted by Crippen LogP contribution is -2.33. The highest BCUT2D eigenvalue weighted by atomic mass is 35.5. The average molecular weight is 247 g/mol. The molecule has 82 valence electrons. The van der Waals surface area contributed by atoms with Crippen LogP contribution in [-0.2, 0) is 9.53 Å². The quantitative estimate of drug-likeness (QED) is 0.641. The van der Waals surface area contributed by atoms with Gasteiger partial charge in [0.15, 0.2) is 0 Å². The van der Waals surface area contributed by atoms with Gasteiger partial charge in [0.25, 0.3) is 0 Å². The van der Waals surface area contributed by atoms with Crippen molar-refractivity contribution in [2.75, 3.05) is 12.9 Å². The Kier molecular flexibility index (Phi) is 4.87. The maximum atomic E-state index is 11.0. The molecular weight excluding hydrogens is 236 g/mol. The first-order chi connectivity index (χ1) is 7.15. The monoisotopic (exact) mass is 246 g/mol. The van der Waals surface area contributed by atoms with Gasteiger partial charge in [-0.1, -0.05) is 11.6 Å². The molecule has 0 bridgehead atoms. The second kappa shape index (κ2) is 5.95. The third-order valence-electron chi connectivity index (χ3n) is 1.63. The van der Waals surface area contributed by atoms with Crippen molar-refractivity contribution in [3.05, 3.63) is 23.4 Å². The molecule has 1 atom stereocenters. The van der Waals surface area contributed by atoms with E-state index < -0.39 is 12.0 Å². The summed E-state index contributed by atoms with van der Waals surface area (Å²) in [5.41, 5.74) is 5.56. The van der Waals surface area contributed by atoms with E-state index >= 15 is 0 Å². The topological polar surface area (TPSA) is 65.2 Å². The molecule has 0 saturated carbocycles. The SMILES string of the molecule is COC(=O)C(N)CSc1ncccc1Cl. The number of aromatic nitrogens is 1. The van der Waals surface area contributed by atoms with Gasteiger partial charge in [0.1, 0.15) is 11.1 Å². The number of pyridine rings is 1. The summed E-state index contributed by atoms with van der Waals surface area (Å²) in [5.74, 6) is -0.0433. The molecule has 0 fully saturated rings. The second-order valence-electron chi connectivity index (χ2n) is 2.73. The Labute approximate surface area is 97.2 Å². The van der Waals surface area contributed by atoms with Crippen molar-refractivity contribution >= 4 is 29.3 Å². The van der Waals surface area contributed by atoms with Crippen LogP contribution in [0, 0.1) is 0 Å². The van der Waals surface area contributed by atoms with Gasteiger partial charge in [-0.05, 0) is 12.1 Å². The number of nitrogens with zero attached hydrogens (tertiary/aromatic N) is 1. The molecule has 4 nitrogen and oxygen atoms in total. The molecule has 0 aliphatic rings. The van der Waals surface area contributed by atoms with E-state index in [0.29, 0.717) is 15.8 Å². The standard InChI is InChI=1S/C9H11ClN2O2S/c1-14-9(13)7(11)5-15-8-6(10)3-2-4-12-8/h2-4,7H,5,11H2,1H3. The molecule has 0 radical (unpaired) electrons. The first kappa shape index (κ1) is 12.3. The number of hydrogen-bond acceptors (Lipinski definition) is 5. The van der Waals surface area contributed by atoms with Crippen molar-refractivity contribution in [1.29, 1.82) is 0 Å². The van der Waals surface area contributed by atoms with Gasteiger partial charge in [0.2, 0.25) is 0 Å². The number of carbonyl (C=O) groups excluding carboxylic acids is 1. The lowest BCUT2D eigenvalue weighted by Gasteiger charge is -2.08. The number of hydrogen-bond donors (Lipinski definition) is 1. The van der Waals surface area contributed by atoms with Gasteiger partial charge in [-0.25, -0.2) is 4.98 Å². The lowest BCUT2D eigenvalue weighted by molar-refractivity contribution is -0.141. The Hall–Kier alpha value is -0.780. The van der Waals surface area contributed by atoms with E-state index in [2.05, 4.69) is 9.72 Å². The molecule has 1 aromatic heterocycles. The van der Waals surface area contributed by atoms with Crippen LogP contribution in [0.25, 0.3) is 0 Å². The zero-order valence-electron chi connectivity index (χ0n) is 8.14. The van der Waals surface area contributed by atoms with E-state index in [1.54, 1.807) is 18.3 Å². The summed E-state index contributed by atoms with van der Waals surface area (Å²) in [5, 5.41) is 1.22. The van der Waals surface area contributed by atoms with Crippen molar-refractivity contribution in [2.45, 2.75) is 11.1 Å². The first-order valence-corrected chi connectivity index (χ1v) is 5.58. The van der Waals surface area contributed by atoms with Crippen molar-refractivity contribution in [3.63, 3.8) is 0 Å². The number of methoxy groups -OCH3 is 1. The lowest BCUT2D eigenvalue weighted by atomic mass is 10.4. The van der Waals surface area contributed by atoms with Crippen LogP contribution >= 0.6 is 23.4 Å². The zero-order valence-corrected chi connectivity index (χ0v) is 9.72. The Morgan fingerprint density at radius 2 is 2.53 bits per heavy atom. The summed E-state index contributed by atoms with van der Waals surface area (Å²) in [6.45, 7) is 0. The predicted molar refractivity (Wildman–Crippen MR) is 60.0 cm³/mol. The number of ether oxygens (including phenoxy) is 1. The van der Waals surface area contributed by atoms with E-state index in [1.165, 1.54) is 18.9 Å². The summed E-state index contributed by atoms with van der Waals surface area (Å²) < 4.78 is 4.50. The maximum Gasteiger partial charge on any atom is 0.323 e. The van der Waals surface area contributed by atoms with E-state index in [1.807, 2.05) is 0 Å². The third kappa shape index (κ3) is 3.70. The Morgan fingerprint density at radius 3 is 3.13 bits per heavy atom. The highest BCUT2D eigenvalue weighted by Gasteiger charge is 2.14. The first-order valence-electron chi connectivity index (χ1n) is 4.22. The predicted octanol–water partition coefficient (Wildman–Crippen LogP) is 1.33. The van der Waals surface area contributed by atoms with Crippen molar-refractivity contribution < 1.29 is 9.53 Å². The van der Waals surface area contributed by atoms with Crippen LogP contribution in [-0.4, -0.2) is 29.9 Å². The van der Waals surface area contributed by atoms with Gasteiger partial charge >= 0.3 is 5.97 Å². The van der Waals surface area contributed by atoms with E-state index in [-0.39, 0.29) is 0 Å². The third-order valence-corrected chi connectivity index (χ3v) is 3.17. The molecule has 1 heterocycles. The minimum atomic E-state index is -0.655. The van der Waals surface area contributed by atoms with Crippen LogP contribution in [0.2, 0.25) is 5.02 Å². The molecule has 0 aliphatic heterocycles. The smallest absolute Gasteiger partial charge is 0.323 e. The molecule has 0 aromatic carbocycles. The summed E-state index contributed by atoms with van der Waals surface area (Å²) in [6.07, 6.45) is 1.64. The van der Waals surface area contributed by atoms with Crippen molar-refractivity contribution in [1.82, 2.24) is 4.98 Å². The molecule has 0 amide bonds. The van der Waals surface area contributed by atoms with Crippen LogP contribution in [0.1, 0.15) is 0 Å². The largest absolute Gasteiger partial charge is 0.468 e. The number of nitrogens with two attached hydrogens (primary N) is 1. The molecule has 15 heavy (non-hydrogen) atoms. The Balaban J connectivity index is 2.50. The highest BCUT2D eigenvalue weighted by molar-refractivity contribution is 7.99. The molecule has 2 N–H and O–H groups in total. The maximum absolute atomic E-state index is 11.0. The molecule has 0 saturated heterocycles. The van der Waals surface area contributed by atoms with Crippen LogP contribution in [0.3, 0.4) is 0 Å². The Bertz CT molecular complexity index is 349. The van der Waals surface area contributed by atoms with E-state index in [9.17, 15) is 4.79 Å². The number of halogens is 1. The fourth-order valence-corrected chi connectivity index (χ4v) is 1.97. The summed E-state index contributed by atoms with van der Waals surface area (Å²) in [7, 11) is 1.31. The Morgan fingerprint density at radius 1 is 1.80 bits per heavy atom. The normalized spacial score (nSPS) is 12.2. The number of carbonyl (C=O) groups is 1. The second-order valence-corrected chi connectivity index (χ2v) is 4.15. The van der Waals surface area contributed by atoms with Crippen LogP contribution in [0.4, 0.5) is 0 Å². The van der Waals surface area contributed by atoms with Gasteiger partial charge in [-0.2, -0.15) is 0 Å². The van der Waals surface area contributed by atoms with Crippen molar-refractivity contribution in [2.24, 2.45) is 5.73 Å². The highest BCUT2D eigenvalue weighted by Crippen LogP contribution is 2.24. The minimum Gasteiger partial charge on any atom is -0.468 e. The van der Waals surface area contributed by atoms with Gasteiger partial charge < -0.3 is 10.5 Å². The molecule has 0 spiro atoms. The van der Waals surface area contributed by atoms with Gasteiger partial charge in [0, 0.05) is 11.9 Å². The van der Waals surface area contributed by atoms with Crippen LogP contribution in [0.15, 0.2) is 23.4 Å². The summed E-state index contributed by atoms with van der Waals surface area (Å²) in [4.78, 5) is 15.1. The van der Waals surface area contributed by atoms with Gasteiger partial charge in [-0.3, -0.25) is 4.79 Å². The number of thioether (sulfide) groups is 1. The van der Waals surface area contributed by atoms with E-state index in [0.717, 1.165) is 0 Å². The van der Waals surface area contributed by atoms with Gasteiger partial charge in [-0.15, -0.1) is 11.8 Å².